The van der Waals surface area contributed by atoms with Gasteiger partial charge in [0, 0.05) is 25.7 Å². The minimum Gasteiger partial charge on any atom is -0.368 e. The third kappa shape index (κ3) is 2.43. The van der Waals surface area contributed by atoms with E-state index in [1.807, 2.05) is 19.5 Å². The molecule has 0 unspecified atom stereocenters. The minimum atomic E-state index is 0.241. The Morgan fingerprint density at radius 3 is 2.75 bits per heavy atom. The molecule has 16 heavy (non-hydrogen) atoms. The molecule has 0 aliphatic carbocycles. The first kappa shape index (κ1) is 10.7. The van der Waals surface area contributed by atoms with Gasteiger partial charge in [-0.3, -0.25) is 0 Å². The Hall–Kier alpha value is -1.76. The number of thiazole rings is 1. The molecule has 0 atom stereocenters. The topological polar surface area (TPSA) is 80.8 Å². The Morgan fingerprint density at radius 2 is 2.12 bits per heavy atom. The summed E-state index contributed by atoms with van der Waals surface area (Å²) in [4.78, 5) is 18.4. The van der Waals surface area contributed by atoms with E-state index in [2.05, 4.69) is 19.9 Å². The Balaban J connectivity index is 2.27. The van der Waals surface area contributed by atoms with E-state index >= 15 is 0 Å². The van der Waals surface area contributed by atoms with Crippen molar-refractivity contribution < 1.29 is 0 Å². The summed E-state index contributed by atoms with van der Waals surface area (Å²) in [5, 5.41) is 2.89. The zero-order valence-electron chi connectivity index (χ0n) is 9.08. The number of nitrogens with zero attached hydrogens (tertiary/aromatic N) is 5. The molecule has 0 aliphatic rings. The molecule has 0 aliphatic heterocycles. The van der Waals surface area contributed by atoms with Gasteiger partial charge in [0.2, 0.25) is 11.9 Å². The summed E-state index contributed by atoms with van der Waals surface area (Å²) in [6.07, 6.45) is 2.35. The summed E-state index contributed by atoms with van der Waals surface area (Å²) in [5.74, 6) is 1.45. The third-order valence-electron chi connectivity index (χ3n) is 1.88. The number of rotatable bonds is 3. The van der Waals surface area contributed by atoms with Gasteiger partial charge in [-0.2, -0.15) is 15.0 Å². The number of hydrogen-bond donors (Lipinski definition) is 1. The lowest BCUT2D eigenvalue weighted by atomic mass is 10.4. The molecular weight excluding hydrogens is 224 g/mol. The first-order chi connectivity index (χ1) is 7.65. The van der Waals surface area contributed by atoms with Crippen molar-refractivity contribution in [2.24, 2.45) is 0 Å². The van der Waals surface area contributed by atoms with Crippen LogP contribution < -0.4 is 10.6 Å². The van der Waals surface area contributed by atoms with Crippen LogP contribution >= 0.6 is 11.3 Å². The molecule has 0 amide bonds. The maximum Gasteiger partial charge on any atom is 0.229 e. The molecule has 2 N–H and O–H groups in total. The summed E-state index contributed by atoms with van der Waals surface area (Å²) in [7, 11) is 3.73. The van der Waals surface area contributed by atoms with Gasteiger partial charge in [0.15, 0.2) is 0 Å². The second-order valence-corrected chi connectivity index (χ2v) is 4.39. The van der Waals surface area contributed by atoms with Crippen LogP contribution in [0, 0.1) is 0 Å². The van der Waals surface area contributed by atoms with Crippen molar-refractivity contribution in [3.05, 3.63) is 22.4 Å². The fraction of sp³-hybridized carbons (Fsp3) is 0.333. The van der Waals surface area contributed by atoms with Gasteiger partial charge in [0.25, 0.3) is 0 Å². The number of nitrogens with two attached hydrogens (primary N) is 1. The van der Waals surface area contributed by atoms with E-state index in [1.165, 1.54) is 0 Å². The molecule has 84 valence electrons. The molecule has 2 aromatic heterocycles. The fourth-order valence-electron chi connectivity index (χ4n) is 1.18. The van der Waals surface area contributed by atoms with Gasteiger partial charge in [0.05, 0.1) is 6.42 Å². The second kappa shape index (κ2) is 4.40. The molecule has 6 nitrogen and oxygen atoms in total. The summed E-state index contributed by atoms with van der Waals surface area (Å²) in [5.41, 5.74) is 5.62. The van der Waals surface area contributed by atoms with Crippen molar-refractivity contribution in [2.45, 2.75) is 6.42 Å². The predicted octanol–water partition coefficient (Wildman–Crippen LogP) is 0.567. The lowest BCUT2D eigenvalue weighted by molar-refractivity contribution is 0.888. The van der Waals surface area contributed by atoms with Crippen molar-refractivity contribution >= 4 is 23.2 Å². The fourth-order valence-corrected chi connectivity index (χ4v) is 1.79. The highest BCUT2D eigenvalue weighted by Gasteiger charge is 2.07. The van der Waals surface area contributed by atoms with E-state index in [4.69, 9.17) is 5.73 Å². The van der Waals surface area contributed by atoms with Crippen LogP contribution in [0.25, 0.3) is 0 Å². The van der Waals surface area contributed by atoms with E-state index in [0.29, 0.717) is 18.2 Å². The van der Waals surface area contributed by atoms with Gasteiger partial charge in [0.1, 0.15) is 10.8 Å². The largest absolute Gasteiger partial charge is 0.368 e. The van der Waals surface area contributed by atoms with Gasteiger partial charge < -0.3 is 10.6 Å². The van der Waals surface area contributed by atoms with Crippen LogP contribution in [-0.2, 0) is 6.42 Å². The molecule has 0 fully saturated rings. The predicted molar refractivity (Wildman–Crippen MR) is 63.5 cm³/mol. The highest BCUT2D eigenvalue weighted by Crippen LogP contribution is 2.11. The van der Waals surface area contributed by atoms with Gasteiger partial charge >= 0.3 is 0 Å². The van der Waals surface area contributed by atoms with Crippen molar-refractivity contribution in [2.75, 3.05) is 24.7 Å². The van der Waals surface area contributed by atoms with E-state index in [9.17, 15) is 0 Å². The maximum absolute atomic E-state index is 5.62. The smallest absolute Gasteiger partial charge is 0.229 e. The van der Waals surface area contributed by atoms with Gasteiger partial charge in [-0.25, -0.2) is 4.98 Å². The monoisotopic (exact) mass is 236 g/mol. The average Bonchev–Trinajstić information content (AvgIpc) is 2.69. The zero-order chi connectivity index (χ0) is 11.5. The Morgan fingerprint density at radius 1 is 1.31 bits per heavy atom. The maximum atomic E-state index is 5.62. The van der Waals surface area contributed by atoms with Crippen LogP contribution in [0.2, 0.25) is 0 Å². The molecular formula is C9H12N6S. The number of nitrogen functional groups attached to an aromatic ring is 1. The van der Waals surface area contributed by atoms with Gasteiger partial charge in [-0.1, -0.05) is 0 Å². The molecule has 0 spiro atoms. The highest BCUT2D eigenvalue weighted by atomic mass is 32.1. The SMILES string of the molecule is CN(C)c1nc(N)nc(Cc2nccs2)n1. The zero-order valence-corrected chi connectivity index (χ0v) is 9.90. The normalized spacial score (nSPS) is 10.4. The molecule has 2 rings (SSSR count). The molecule has 0 radical (unpaired) electrons. The van der Waals surface area contributed by atoms with Crippen molar-refractivity contribution in [3.8, 4) is 0 Å². The van der Waals surface area contributed by atoms with Crippen molar-refractivity contribution in [1.29, 1.82) is 0 Å². The summed E-state index contributed by atoms with van der Waals surface area (Å²) >= 11 is 1.57. The molecule has 2 aromatic rings. The average molecular weight is 236 g/mol. The third-order valence-corrected chi connectivity index (χ3v) is 2.66. The molecule has 2 heterocycles. The van der Waals surface area contributed by atoms with Crippen molar-refractivity contribution in [1.82, 2.24) is 19.9 Å². The Labute approximate surface area is 97.2 Å². The minimum absolute atomic E-state index is 0.241. The summed E-state index contributed by atoms with van der Waals surface area (Å²) < 4.78 is 0. The first-order valence-corrected chi connectivity index (χ1v) is 5.59. The lowest BCUT2D eigenvalue weighted by Gasteiger charge is -2.10. The molecule has 7 heteroatoms. The quantitative estimate of drug-likeness (QED) is 0.839. The number of aromatic nitrogens is 4. The van der Waals surface area contributed by atoms with Crippen LogP contribution in [0.15, 0.2) is 11.6 Å². The van der Waals surface area contributed by atoms with Crippen LogP contribution in [0.3, 0.4) is 0 Å². The lowest BCUT2D eigenvalue weighted by Crippen LogP contribution is -2.16. The summed E-state index contributed by atoms with van der Waals surface area (Å²) in [6, 6.07) is 0. The van der Waals surface area contributed by atoms with E-state index in [1.54, 1.807) is 22.4 Å². The van der Waals surface area contributed by atoms with E-state index < -0.39 is 0 Å². The van der Waals surface area contributed by atoms with Gasteiger partial charge in [-0.15, -0.1) is 11.3 Å². The highest BCUT2D eigenvalue weighted by molar-refractivity contribution is 7.09. The number of anilines is 2. The molecule has 0 aromatic carbocycles. The van der Waals surface area contributed by atoms with Crippen LogP contribution in [0.4, 0.5) is 11.9 Å². The summed E-state index contributed by atoms with van der Waals surface area (Å²) in [6.45, 7) is 0. The standard InChI is InChI=1S/C9H12N6S/c1-15(2)9-13-6(12-8(10)14-9)5-7-11-3-4-16-7/h3-4H,5H2,1-2H3,(H2,10,12,13,14). The van der Waals surface area contributed by atoms with E-state index in [0.717, 1.165) is 5.01 Å². The molecule has 0 saturated carbocycles. The number of hydrogen-bond acceptors (Lipinski definition) is 7. The second-order valence-electron chi connectivity index (χ2n) is 3.41. The Bertz CT molecular complexity index is 467. The molecule has 0 bridgehead atoms. The van der Waals surface area contributed by atoms with Crippen molar-refractivity contribution in [3.63, 3.8) is 0 Å². The van der Waals surface area contributed by atoms with Gasteiger partial charge in [-0.05, 0) is 0 Å². The van der Waals surface area contributed by atoms with Crippen LogP contribution in [-0.4, -0.2) is 34.0 Å². The van der Waals surface area contributed by atoms with Crippen LogP contribution in [0.5, 0.6) is 0 Å². The first-order valence-electron chi connectivity index (χ1n) is 4.71. The van der Waals surface area contributed by atoms with Crippen LogP contribution in [0.1, 0.15) is 10.8 Å². The Kier molecular flexibility index (Phi) is 2.95. The molecule has 0 saturated heterocycles. The van der Waals surface area contributed by atoms with E-state index in [-0.39, 0.29) is 5.95 Å².